The van der Waals surface area contributed by atoms with E-state index >= 15 is 0 Å². The van der Waals surface area contributed by atoms with Crippen molar-refractivity contribution in [3.05, 3.63) is 32.3 Å². The first-order valence-electron chi connectivity index (χ1n) is 8.48. The summed E-state index contributed by atoms with van der Waals surface area (Å²) in [6.45, 7) is 0.477. The fraction of sp³-hybridized carbons (Fsp3) is 0.312. The minimum Gasteiger partial charge on any atom is -0.403 e. The van der Waals surface area contributed by atoms with Crippen LogP contribution in [0.1, 0.15) is 12.8 Å². The third-order valence-corrected chi connectivity index (χ3v) is 9.11. The highest BCUT2D eigenvalue weighted by Crippen LogP contribution is 2.38. The summed E-state index contributed by atoms with van der Waals surface area (Å²) < 4.78 is 33.4. The van der Waals surface area contributed by atoms with Crippen LogP contribution in [0, 0.1) is 5.92 Å². The number of rotatable bonds is 5. The van der Waals surface area contributed by atoms with Crippen molar-refractivity contribution < 1.29 is 17.6 Å². The van der Waals surface area contributed by atoms with Crippen LogP contribution in [-0.4, -0.2) is 41.9 Å². The molecule has 3 aromatic rings. The van der Waals surface area contributed by atoms with E-state index in [9.17, 15) is 13.2 Å². The Kier molecular flexibility index (Phi) is 5.96. The van der Waals surface area contributed by atoms with Gasteiger partial charge in [-0.3, -0.25) is 10.1 Å². The van der Waals surface area contributed by atoms with Crippen molar-refractivity contribution in [1.29, 1.82) is 0 Å². The van der Waals surface area contributed by atoms with Crippen LogP contribution >= 0.6 is 45.9 Å². The van der Waals surface area contributed by atoms with Crippen molar-refractivity contribution in [3.8, 4) is 11.5 Å². The van der Waals surface area contributed by atoms with Gasteiger partial charge in [-0.25, -0.2) is 8.42 Å². The first-order chi connectivity index (χ1) is 13.8. The Labute approximate surface area is 184 Å². The van der Waals surface area contributed by atoms with Gasteiger partial charge in [0, 0.05) is 13.1 Å². The summed E-state index contributed by atoms with van der Waals surface area (Å²) in [4.78, 5) is 12.6. The zero-order valence-electron chi connectivity index (χ0n) is 14.7. The molecule has 1 aliphatic heterocycles. The Bertz CT molecular complexity index is 1130. The topological polar surface area (TPSA) is 105 Å². The number of halogens is 2. The summed E-state index contributed by atoms with van der Waals surface area (Å²) in [5.41, 5.74) is 0.487. The summed E-state index contributed by atoms with van der Waals surface area (Å²) in [6.07, 6.45) is 1.15. The zero-order chi connectivity index (χ0) is 20.6. The number of thiophene rings is 2. The van der Waals surface area contributed by atoms with Gasteiger partial charge in [0.2, 0.25) is 5.91 Å². The van der Waals surface area contributed by atoms with E-state index in [4.69, 9.17) is 27.6 Å². The number of piperidine rings is 1. The van der Waals surface area contributed by atoms with Crippen LogP contribution in [0.3, 0.4) is 0 Å². The molecule has 1 aliphatic rings. The third kappa shape index (κ3) is 4.35. The van der Waals surface area contributed by atoms with E-state index in [1.165, 1.54) is 15.6 Å². The third-order valence-electron chi connectivity index (χ3n) is 4.39. The molecule has 4 heterocycles. The van der Waals surface area contributed by atoms with Crippen molar-refractivity contribution in [2.75, 3.05) is 18.4 Å². The lowest BCUT2D eigenvalue weighted by molar-refractivity contribution is -0.121. The van der Waals surface area contributed by atoms with E-state index < -0.39 is 15.9 Å². The number of nitrogens with one attached hydrogen (secondary N) is 1. The quantitative estimate of drug-likeness (QED) is 0.571. The first-order valence-corrected chi connectivity index (χ1v) is 12.4. The maximum Gasteiger partial charge on any atom is 0.322 e. The van der Waals surface area contributed by atoms with Gasteiger partial charge in [-0.05, 0) is 30.4 Å². The smallest absolute Gasteiger partial charge is 0.322 e. The van der Waals surface area contributed by atoms with Crippen LogP contribution in [0.25, 0.3) is 11.5 Å². The summed E-state index contributed by atoms with van der Waals surface area (Å²) in [6, 6.07) is 4.76. The molecule has 3 aromatic heterocycles. The molecule has 1 N–H and O–H groups in total. The molecule has 1 atom stereocenters. The van der Waals surface area contributed by atoms with E-state index in [1.807, 2.05) is 0 Å². The molecule has 29 heavy (non-hydrogen) atoms. The molecule has 1 saturated heterocycles. The molecule has 154 valence electrons. The van der Waals surface area contributed by atoms with Gasteiger partial charge >= 0.3 is 6.01 Å². The largest absolute Gasteiger partial charge is 0.403 e. The fourth-order valence-corrected chi connectivity index (χ4v) is 7.10. The lowest BCUT2D eigenvalue weighted by Crippen LogP contribution is -2.43. The molecule has 13 heteroatoms. The molecular formula is C16H14Cl2N4O4S3. The Morgan fingerprint density at radius 2 is 2.17 bits per heavy atom. The number of carbonyl (C=O) groups excluding carboxylic acids is 1. The lowest BCUT2D eigenvalue weighted by Gasteiger charge is -2.30. The van der Waals surface area contributed by atoms with E-state index in [1.54, 1.807) is 23.6 Å². The predicted molar refractivity (Wildman–Crippen MR) is 112 cm³/mol. The van der Waals surface area contributed by atoms with Crippen LogP contribution in [0.5, 0.6) is 0 Å². The first kappa shape index (κ1) is 20.8. The molecule has 1 fully saturated rings. The SMILES string of the molecule is O=C(Nc1nnc(-c2cc(Cl)sc2Cl)o1)C1CCCN(S(=O)(=O)c2cccs2)C1. The second-order valence-corrected chi connectivity index (χ2v) is 11.7. The number of carbonyl (C=O) groups is 1. The standard InChI is InChI=1S/C16H14Cl2N4O4S3/c17-11-7-10(13(18)28-11)15-20-21-16(26-15)19-14(23)9-3-1-5-22(8-9)29(24,25)12-4-2-6-27-12/h2,4,6-7,9H,1,3,5,8H2,(H,19,21,23). The van der Waals surface area contributed by atoms with Gasteiger partial charge in [0.1, 0.15) is 8.55 Å². The molecule has 1 unspecified atom stereocenters. The number of sulfonamides is 1. The summed E-state index contributed by atoms with van der Waals surface area (Å²) in [7, 11) is -3.60. The van der Waals surface area contributed by atoms with Crippen LogP contribution in [-0.2, 0) is 14.8 Å². The Morgan fingerprint density at radius 3 is 2.86 bits per heavy atom. The van der Waals surface area contributed by atoms with Crippen molar-refractivity contribution in [2.24, 2.45) is 5.92 Å². The molecule has 0 spiro atoms. The van der Waals surface area contributed by atoms with Crippen LogP contribution in [0.2, 0.25) is 8.67 Å². The van der Waals surface area contributed by atoms with Crippen molar-refractivity contribution >= 4 is 67.8 Å². The zero-order valence-corrected chi connectivity index (χ0v) is 18.6. The number of anilines is 1. The van der Waals surface area contributed by atoms with E-state index in [-0.39, 0.29) is 28.6 Å². The number of hydrogen-bond acceptors (Lipinski definition) is 8. The van der Waals surface area contributed by atoms with Crippen LogP contribution in [0.15, 0.2) is 32.2 Å². The monoisotopic (exact) mass is 492 g/mol. The maximum absolute atomic E-state index is 12.7. The second kappa shape index (κ2) is 8.32. The number of nitrogens with zero attached hydrogens (tertiary/aromatic N) is 3. The minimum atomic E-state index is -3.60. The van der Waals surface area contributed by atoms with Crippen molar-refractivity contribution in [2.45, 2.75) is 17.1 Å². The normalized spacial score (nSPS) is 18.1. The van der Waals surface area contributed by atoms with Gasteiger partial charge in [0.15, 0.2) is 0 Å². The van der Waals surface area contributed by atoms with Gasteiger partial charge in [-0.2, -0.15) is 4.31 Å². The average molecular weight is 493 g/mol. The summed E-state index contributed by atoms with van der Waals surface area (Å²) >= 11 is 14.3. The Morgan fingerprint density at radius 1 is 1.34 bits per heavy atom. The molecule has 0 radical (unpaired) electrons. The van der Waals surface area contributed by atoms with Crippen molar-refractivity contribution in [1.82, 2.24) is 14.5 Å². The second-order valence-electron chi connectivity index (χ2n) is 6.27. The highest BCUT2D eigenvalue weighted by molar-refractivity contribution is 7.91. The number of amides is 1. The Hall–Kier alpha value is -1.50. The van der Waals surface area contributed by atoms with E-state index in [2.05, 4.69) is 15.5 Å². The summed E-state index contributed by atoms with van der Waals surface area (Å²) in [5, 5.41) is 12.0. The molecule has 8 nitrogen and oxygen atoms in total. The van der Waals surface area contributed by atoms with Gasteiger partial charge in [-0.1, -0.05) is 34.4 Å². The molecule has 1 amide bonds. The highest BCUT2D eigenvalue weighted by Gasteiger charge is 2.34. The van der Waals surface area contributed by atoms with Crippen LogP contribution < -0.4 is 5.32 Å². The molecule has 0 bridgehead atoms. The number of hydrogen-bond donors (Lipinski definition) is 1. The van der Waals surface area contributed by atoms with E-state index in [0.29, 0.717) is 33.6 Å². The number of aromatic nitrogens is 2. The highest BCUT2D eigenvalue weighted by atomic mass is 35.5. The molecule has 4 rings (SSSR count). The molecule has 0 saturated carbocycles. The molecule has 0 aliphatic carbocycles. The fourth-order valence-electron chi connectivity index (χ4n) is 2.99. The maximum atomic E-state index is 12.7. The minimum absolute atomic E-state index is 0.0818. The molecule has 0 aromatic carbocycles. The van der Waals surface area contributed by atoms with Crippen LogP contribution in [0.4, 0.5) is 6.01 Å². The van der Waals surface area contributed by atoms with Crippen molar-refractivity contribution in [3.63, 3.8) is 0 Å². The molecular weight excluding hydrogens is 479 g/mol. The predicted octanol–water partition coefficient (Wildman–Crippen LogP) is 4.21. The Balaban J connectivity index is 1.44. The lowest BCUT2D eigenvalue weighted by atomic mass is 9.99. The van der Waals surface area contributed by atoms with E-state index in [0.717, 1.165) is 11.3 Å². The summed E-state index contributed by atoms with van der Waals surface area (Å²) in [5.74, 6) is -0.757. The van der Waals surface area contributed by atoms with Gasteiger partial charge < -0.3 is 4.42 Å². The van der Waals surface area contributed by atoms with Gasteiger partial charge in [0.05, 0.1) is 15.8 Å². The average Bonchev–Trinajstić information content (AvgIpc) is 3.43. The van der Waals surface area contributed by atoms with Gasteiger partial charge in [0.25, 0.3) is 15.9 Å². The van der Waals surface area contributed by atoms with Gasteiger partial charge in [-0.15, -0.1) is 27.8 Å².